The zero-order valence-corrected chi connectivity index (χ0v) is 17.8. The summed E-state index contributed by atoms with van der Waals surface area (Å²) in [6.45, 7) is 7.05. The Kier molecular flexibility index (Phi) is 6.62. The van der Waals surface area contributed by atoms with Crippen molar-refractivity contribution >= 4 is 33.3 Å². The molecule has 1 unspecified atom stereocenters. The van der Waals surface area contributed by atoms with Gasteiger partial charge in [0, 0.05) is 34.0 Å². The number of nitrogens with zero attached hydrogens (tertiary/aromatic N) is 2. The van der Waals surface area contributed by atoms with Gasteiger partial charge in [0.15, 0.2) is 0 Å². The van der Waals surface area contributed by atoms with Gasteiger partial charge in [-0.05, 0) is 45.9 Å². The maximum atomic E-state index is 14.7. The van der Waals surface area contributed by atoms with Crippen LogP contribution in [0.4, 0.5) is 4.39 Å². The van der Waals surface area contributed by atoms with Crippen LogP contribution in [0.5, 0.6) is 0 Å². The standard InChI is InChI=1S/C18H21BrFN3O3S/c1-17(2,3)27(26)23-18(4,13-7-11(19)5-6-14(13)20)8-15-12(16(24)25)9-21-10-22-15/h5-7,9-10,23H,8H2,1-4H3,(H,24,25)/t18?,27-/m1/s1. The van der Waals surface area contributed by atoms with E-state index in [4.69, 9.17) is 0 Å². The lowest BCUT2D eigenvalue weighted by atomic mass is 9.87. The number of carbonyl (C=O) groups is 1. The Labute approximate surface area is 169 Å². The van der Waals surface area contributed by atoms with Gasteiger partial charge in [-0.3, -0.25) is 0 Å². The molecule has 0 amide bonds. The maximum Gasteiger partial charge on any atom is 0.339 e. The molecule has 2 N–H and O–H groups in total. The quantitative estimate of drug-likeness (QED) is 0.643. The number of hydrogen-bond acceptors (Lipinski definition) is 5. The van der Waals surface area contributed by atoms with E-state index in [1.807, 2.05) is 0 Å². The van der Waals surface area contributed by atoms with Gasteiger partial charge in [0.1, 0.15) is 16.9 Å². The fourth-order valence-electron chi connectivity index (χ4n) is 2.47. The predicted octanol–water partition coefficient (Wildman–Crippen LogP) is 3.59. The van der Waals surface area contributed by atoms with Crippen LogP contribution in [-0.4, -0.2) is 30.3 Å². The van der Waals surface area contributed by atoms with Crippen molar-refractivity contribution in [2.75, 3.05) is 0 Å². The van der Waals surface area contributed by atoms with Crippen LogP contribution >= 0.6 is 15.9 Å². The Hall–Kier alpha value is -1.55. The molecule has 0 saturated heterocycles. The molecule has 1 heterocycles. The van der Waals surface area contributed by atoms with Crippen LogP contribution in [0.3, 0.4) is 0 Å². The van der Waals surface area contributed by atoms with Gasteiger partial charge < -0.3 is 9.66 Å². The molecule has 0 aliphatic carbocycles. The summed E-state index contributed by atoms with van der Waals surface area (Å²) in [6, 6.07) is 4.45. The molecule has 1 aromatic carbocycles. The summed E-state index contributed by atoms with van der Waals surface area (Å²) in [5.41, 5.74) is -0.783. The molecule has 9 heteroatoms. The highest BCUT2D eigenvalue weighted by Gasteiger charge is 2.40. The number of halogens is 2. The van der Waals surface area contributed by atoms with Crippen molar-refractivity contribution < 1.29 is 18.8 Å². The highest BCUT2D eigenvalue weighted by molar-refractivity contribution is 9.10. The first-order chi connectivity index (χ1) is 12.4. The number of aromatic nitrogens is 2. The molecule has 0 radical (unpaired) electrons. The molecule has 0 fully saturated rings. The highest BCUT2D eigenvalue weighted by Crippen LogP contribution is 2.32. The first kappa shape index (κ1) is 21.7. The summed E-state index contributed by atoms with van der Waals surface area (Å²) in [5, 5.41) is 9.40. The maximum absolute atomic E-state index is 14.7. The summed E-state index contributed by atoms with van der Waals surface area (Å²) in [7, 11) is 0. The Morgan fingerprint density at radius 3 is 2.63 bits per heavy atom. The molecule has 0 bridgehead atoms. The normalized spacial score (nSPS) is 15.2. The predicted molar refractivity (Wildman–Crippen MR) is 105 cm³/mol. The smallest absolute Gasteiger partial charge is 0.339 e. The second kappa shape index (κ2) is 8.22. The van der Waals surface area contributed by atoms with Crippen LogP contribution in [0.1, 0.15) is 49.3 Å². The van der Waals surface area contributed by atoms with Gasteiger partial charge in [-0.15, -0.1) is 4.72 Å². The first-order valence-corrected chi connectivity index (χ1v) is 10.1. The van der Waals surface area contributed by atoms with Crippen LogP contribution in [0.25, 0.3) is 0 Å². The second-order valence-corrected chi connectivity index (χ2v) is 10.2. The third kappa shape index (κ3) is 5.25. The van der Waals surface area contributed by atoms with Crippen LogP contribution in [-0.2, 0) is 23.3 Å². The number of nitrogens with one attached hydrogen (secondary N) is 1. The van der Waals surface area contributed by atoms with Gasteiger partial charge in [-0.1, -0.05) is 15.9 Å². The minimum atomic E-state index is -1.54. The van der Waals surface area contributed by atoms with Crippen LogP contribution < -0.4 is 4.72 Å². The van der Waals surface area contributed by atoms with E-state index in [1.54, 1.807) is 39.8 Å². The van der Waals surface area contributed by atoms with Crippen LogP contribution in [0.15, 0.2) is 35.2 Å². The van der Waals surface area contributed by atoms with Crippen molar-refractivity contribution in [3.8, 4) is 0 Å². The lowest BCUT2D eigenvalue weighted by Gasteiger charge is -2.35. The van der Waals surface area contributed by atoms with Gasteiger partial charge in [0.05, 0.1) is 16.8 Å². The van der Waals surface area contributed by atoms with Gasteiger partial charge in [0.25, 0.3) is 0 Å². The Bertz CT molecular complexity index is 847. The number of hydrogen-bond donors (Lipinski definition) is 2. The fourth-order valence-corrected chi connectivity index (χ4v) is 3.73. The SMILES string of the molecule is CC(Cc1ncncc1C(=O)O)(N[S@+]([O-])C(C)(C)C)c1cc(Br)ccc1F. The van der Waals surface area contributed by atoms with Crippen LogP contribution in [0, 0.1) is 5.82 Å². The summed E-state index contributed by atoms with van der Waals surface area (Å²) in [4.78, 5) is 19.3. The molecule has 0 aliphatic heterocycles. The van der Waals surface area contributed by atoms with Crippen LogP contribution in [0.2, 0.25) is 0 Å². The van der Waals surface area contributed by atoms with E-state index in [-0.39, 0.29) is 23.2 Å². The number of aromatic carboxylic acids is 1. The molecular weight excluding hydrogens is 437 g/mol. The summed E-state index contributed by atoms with van der Waals surface area (Å²) in [5.74, 6) is -1.68. The Morgan fingerprint density at radius 2 is 2.04 bits per heavy atom. The van der Waals surface area contributed by atoms with E-state index in [9.17, 15) is 18.8 Å². The van der Waals surface area contributed by atoms with Crippen molar-refractivity contribution in [1.82, 2.24) is 14.7 Å². The third-order valence-corrected chi connectivity index (χ3v) is 6.18. The monoisotopic (exact) mass is 457 g/mol. The molecule has 0 spiro atoms. The van der Waals surface area contributed by atoms with Gasteiger partial charge in [-0.25, -0.2) is 19.2 Å². The van der Waals surface area contributed by atoms with Crippen molar-refractivity contribution in [1.29, 1.82) is 0 Å². The van der Waals surface area contributed by atoms with E-state index in [1.165, 1.54) is 18.6 Å². The topological polar surface area (TPSA) is 98.2 Å². The molecule has 0 aliphatic rings. The largest absolute Gasteiger partial charge is 0.598 e. The minimum absolute atomic E-state index is 0.00630. The van der Waals surface area contributed by atoms with Crippen molar-refractivity contribution in [2.24, 2.45) is 0 Å². The molecule has 27 heavy (non-hydrogen) atoms. The average molecular weight is 458 g/mol. The zero-order chi connectivity index (χ0) is 20.4. The molecule has 2 rings (SSSR count). The molecule has 2 atom stereocenters. The van der Waals surface area contributed by atoms with Gasteiger partial charge in [0.2, 0.25) is 0 Å². The molecule has 2 aromatic rings. The summed E-state index contributed by atoms with van der Waals surface area (Å²) >= 11 is 1.79. The van der Waals surface area contributed by atoms with E-state index in [0.29, 0.717) is 4.47 Å². The van der Waals surface area contributed by atoms with Gasteiger partial charge in [-0.2, -0.15) is 0 Å². The number of carboxylic acid groups (broad SMARTS) is 1. The molecule has 6 nitrogen and oxygen atoms in total. The lowest BCUT2D eigenvalue weighted by Crippen LogP contribution is -2.51. The van der Waals surface area contributed by atoms with E-state index in [2.05, 4.69) is 30.6 Å². The fraction of sp³-hybridized carbons (Fsp3) is 0.389. The van der Waals surface area contributed by atoms with E-state index < -0.39 is 33.4 Å². The Morgan fingerprint density at radius 1 is 1.37 bits per heavy atom. The van der Waals surface area contributed by atoms with E-state index >= 15 is 0 Å². The molecule has 0 saturated carbocycles. The van der Waals surface area contributed by atoms with Crippen molar-refractivity contribution in [3.05, 3.63) is 57.8 Å². The number of carboxylic acids is 1. The lowest BCUT2D eigenvalue weighted by molar-refractivity contribution is 0.0694. The van der Waals surface area contributed by atoms with Gasteiger partial charge >= 0.3 is 5.97 Å². The van der Waals surface area contributed by atoms with E-state index in [0.717, 1.165) is 0 Å². The first-order valence-electron chi connectivity index (χ1n) is 8.11. The second-order valence-electron chi connectivity index (χ2n) is 7.30. The third-order valence-electron chi connectivity index (χ3n) is 3.94. The average Bonchev–Trinajstić information content (AvgIpc) is 2.56. The van der Waals surface area contributed by atoms with Crippen molar-refractivity contribution in [2.45, 2.75) is 44.4 Å². The number of benzene rings is 1. The highest BCUT2D eigenvalue weighted by atomic mass is 79.9. The number of rotatable bonds is 6. The minimum Gasteiger partial charge on any atom is -0.598 e. The Balaban J connectivity index is 2.57. The summed E-state index contributed by atoms with van der Waals surface area (Å²) in [6.07, 6.45) is 2.44. The summed E-state index contributed by atoms with van der Waals surface area (Å²) < 4.78 is 30.5. The molecule has 1 aromatic heterocycles. The molecule has 146 valence electrons. The van der Waals surface area contributed by atoms with Crippen molar-refractivity contribution in [3.63, 3.8) is 0 Å². The molecular formula is C18H21BrFN3O3S. The zero-order valence-electron chi connectivity index (χ0n) is 15.4.